The quantitative estimate of drug-likeness (QED) is 0.861. The number of hydrogen-bond donors (Lipinski definition) is 1. The van der Waals surface area contributed by atoms with Crippen LogP contribution in [0.1, 0.15) is 23.3 Å². The number of hydrogen-bond acceptors (Lipinski definition) is 3. The summed E-state index contributed by atoms with van der Waals surface area (Å²) >= 11 is 0. The Morgan fingerprint density at radius 3 is 2.65 bits per heavy atom. The number of aryl methyl sites for hydroxylation is 1. The molecule has 1 aromatic heterocycles. The molecule has 0 radical (unpaired) electrons. The highest BCUT2D eigenvalue weighted by molar-refractivity contribution is 5.19. The van der Waals surface area contributed by atoms with Gasteiger partial charge in [0.1, 0.15) is 11.6 Å². The van der Waals surface area contributed by atoms with Crippen molar-refractivity contribution in [3.63, 3.8) is 0 Å². The van der Waals surface area contributed by atoms with Crippen molar-refractivity contribution in [2.45, 2.75) is 19.4 Å². The second kappa shape index (κ2) is 4.30. The van der Waals surface area contributed by atoms with Crippen molar-refractivity contribution in [1.82, 2.24) is 20.1 Å². The second-order valence-corrected chi connectivity index (χ2v) is 4.51. The van der Waals surface area contributed by atoms with Gasteiger partial charge < -0.3 is 9.88 Å². The lowest BCUT2D eigenvalue weighted by molar-refractivity contribution is 0.331. The third-order valence-electron chi connectivity index (χ3n) is 3.27. The highest BCUT2D eigenvalue weighted by Crippen LogP contribution is 2.18. The van der Waals surface area contributed by atoms with E-state index in [1.165, 1.54) is 5.56 Å². The molecule has 4 heteroatoms. The van der Waals surface area contributed by atoms with E-state index in [2.05, 4.69) is 44.3 Å². The highest BCUT2D eigenvalue weighted by atomic mass is 15.3. The van der Waals surface area contributed by atoms with E-state index in [0.717, 1.165) is 31.2 Å². The Bertz CT molecular complexity index is 499. The van der Waals surface area contributed by atoms with Gasteiger partial charge in [-0.25, -0.2) is 0 Å². The van der Waals surface area contributed by atoms with Crippen molar-refractivity contribution >= 4 is 0 Å². The molecule has 1 fully saturated rings. The van der Waals surface area contributed by atoms with Gasteiger partial charge in [-0.1, -0.05) is 30.3 Å². The highest BCUT2D eigenvalue weighted by Gasteiger charge is 2.23. The third-order valence-corrected chi connectivity index (χ3v) is 3.27. The van der Waals surface area contributed by atoms with Gasteiger partial charge in [0.2, 0.25) is 0 Å². The van der Waals surface area contributed by atoms with Crippen molar-refractivity contribution < 1.29 is 0 Å². The molecule has 0 spiro atoms. The van der Waals surface area contributed by atoms with Crippen LogP contribution in [0.2, 0.25) is 0 Å². The first-order chi connectivity index (χ1) is 8.34. The van der Waals surface area contributed by atoms with Crippen LogP contribution in [-0.4, -0.2) is 27.9 Å². The molecule has 1 saturated heterocycles. The van der Waals surface area contributed by atoms with E-state index >= 15 is 0 Å². The van der Waals surface area contributed by atoms with Crippen molar-refractivity contribution in [3.8, 4) is 0 Å². The maximum Gasteiger partial charge on any atom is 0.137 e. The lowest BCUT2D eigenvalue weighted by Crippen LogP contribution is -2.44. The Balaban J connectivity index is 1.88. The van der Waals surface area contributed by atoms with Gasteiger partial charge in [0.15, 0.2) is 0 Å². The van der Waals surface area contributed by atoms with E-state index < -0.39 is 0 Å². The summed E-state index contributed by atoms with van der Waals surface area (Å²) in [5.41, 5.74) is 1.29. The van der Waals surface area contributed by atoms with Gasteiger partial charge in [-0.2, -0.15) is 0 Å². The zero-order valence-electron chi connectivity index (χ0n) is 9.93. The molecule has 0 bridgehead atoms. The number of aromatic nitrogens is 3. The normalized spacial score (nSPS) is 15.8. The van der Waals surface area contributed by atoms with Gasteiger partial charge in [0.25, 0.3) is 0 Å². The Kier molecular flexibility index (Phi) is 2.65. The molecule has 17 heavy (non-hydrogen) atoms. The van der Waals surface area contributed by atoms with Gasteiger partial charge >= 0.3 is 0 Å². The zero-order valence-corrected chi connectivity index (χ0v) is 9.93. The van der Waals surface area contributed by atoms with Gasteiger partial charge in [-0.3, -0.25) is 0 Å². The summed E-state index contributed by atoms with van der Waals surface area (Å²) in [6.45, 7) is 4.08. The zero-order chi connectivity index (χ0) is 11.7. The van der Waals surface area contributed by atoms with Crippen molar-refractivity contribution in [1.29, 1.82) is 0 Å². The number of nitrogens with zero attached hydrogens (tertiary/aromatic N) is 3. The smallest absolute Gasteiger partial charge is 0.137 e. The molecular formula is C13H16N4. The SMILES string of the molecule is Cc1nnc(Cc2ccccc2)n1C1CNC1. The molecule has 88 valence electrons. The first-order valence-electron chi connectivity index (χ1n) is 5.99. The minimum Gasteiger partial charge on any atom is -0.313 e. The predicted molar refractivity (Wildman–Crippen MR) is 65.9 cm³/mol. The van der Waals surface area contributed by atoms with E-state index in [-0.39, 0.29) is 0 Å². The van der Waals surface area contributed by atoms with Gasteiger partial charge in [0.05, 0.1) is 6.04 Å². The maximum absolute atomic E-state index is 4.30. The summed E-state index contributed by atoms with van der Waals surface area (Å²) in [5.74, 6) is 2.09. The number of rotatable bonds is 3. The van der Waals surface area contributed by atoms with Crippen LogP contribution < -0.4 is 5.32 Å². The average Bonchev–Trinajstić information content (AvgIpc) is 2.61. The molecular weight excluding hydrogens is 212 g/mol. The summed E-state index contributed by atoms with van der Waals surface area (Å²) in [4.78, 5) is 0. The van der Waals surface area contributed by atoms with Crippen molar-refractivity contribution in [2.75, 3.05) is 13.1 Å². The predicted octanol–water partition coefficient (Wildman–Crippen LogP) is 1.32. The van der Waals surface area contributed by atoms with Crippen LogP contribution in [0, 0.1) is 6.92 Å². The van der Waals surface area contributed by atoms with Crippen LogP contribution >= 0.6 is 0 Å². The van der Waals surface area contributed by atoms with E-state index in [0.29, 0.717) is 6.04 Å². The van der Waals surface area contributed by atoms with Gasteiger partial charge in [-0.05, 0) is 12.5 Å². The van der Waals surface area contributed by atoms with Gasteiger partial charge in [-0.15, -0.1) is 10.2 Å². The standard InChI is InChI=1S/C13H16N4/c1-10-15-16-13(17(10)12-8-14-9-12)7-11-5-3-2-4-6-11/h2-6,12,14H,7-9H2,1H3. The van der Waals surface area contributed by atoms with Gasteiger partial charge in [0, 0.05) is 19.5 Å². The Labute approximate surface area is 101 Å². The molecule has 0 saturated carbocycles. The first-order valence-corrected chi connectivity index (χ1v) is 5.99. The monoisotopic (exact) mass is 228 g/mol. The Hall–Kier alpha value is -1.68. The summed E-state index contributed by atoms with van der Waals surface area (Å²) in [6.07, 6.45) is 0.859. The average molecular weight is 228 g/mol. The largest absolute Gasteiger partial charge is 0.313 e. The van der Waals surface area contributed by atoms with Crippen LogP contribution in [0.25, 0.3) is 0 Å². The number of benzene rings is 1. The first kappa shape index (κ1) is 10.5. The summed E-state index contributed by atoms with van der Waals surface area (Å²) in [5, 5.41) is 11.8. The third kappa shape index (κ3) is 1.96. The van der Waals surface area contributed by atoms with E-state index in [9.17, 15) is 0 Å². The summed E-state index contributed by atoms with van der Waals surface area (Å²) in [7, 11) is 0. The van der Waals surface area contributed by atoms with Crippen LogP contribution in [0.5, 0.6) is 0 Å². The summed E-state index contributed by atoms with van der Waals surface area (Å²) in [6, 6.07) is 11.0. The maximum atomic E-state index is 4.30. The fraction of sp³-hybridized carbons (Fsp3) is 0.385. The second-order valence-electron chi connectivity index (χ2n) is 4.51. The Morgan fingerprint density at radius 2 is 2.00 bits per heavy atom. The molecule has 1 aliphatic rings. The molecule has 1 N–H and O–H groups in total. The van der Waals surface area contributed by atoms with Crippen molar-refractivity contribution in [3.05, 3.63) is 47.5 Å². The summed E-state index contributed by atoms with van der Waals surface area (Å²) < 4.78 is 2.27. The molecule has 2 heterocycles. The lowest BCUT2D eigenvalue weighted by Gasteiger charge is -2.30. The molecule has 1 aliphatic heterocycles. The van der Waals surface area contributed by atoms with Crippen LogP contribution in [0.4, 0.5) is 0 Å². The number of nitrogens with one attached hydrogen (secondary N) is 1. The van der Waals surface area contributed by atoms with E-state index in [1.54, 1.807) is 0 Å². The minimum atomic E-state index is 0.531. The fourth-order valence-corrected chi connectivity index (χ4v) is 2.24. The lowest BCUT2D eigenvalue weighted by atomic mass is 10.1. The van der Waals surface area contributed by atoms with Crippen molar-refractivity contribution in [2.24, 2.45) is 0 Å². The molecule has 0 amide bonds. The van der Waals surface area contributed by atoms with Crippen LogP contribution in [0.15, 0.2) is 30.3 Å². The molecule has 0 unspecified atom stereocenters. The van der Waals surface area contributed by atoms with E-state index in [1.807, 2.05) is 13.0 Å². The molecule has 3 rings (SSSR count). The topological polar surface area (TPSA) is 42.7 Å². The fourth-order valence-electron chi connectivity index (χ4n) is 2.24. The molecule has 0 aliphatic carbocycles. The molecule has 1 aromatic carbocycles. The molecule has 0 atom stereocenters. The van der Waals surface area contributed by atoms with Crippen LogP contribution in [0.3, 0.4) is 0 Å². The molecule has 2 aromatic rings. The van der Waals surface area contributed by atoms with E-state index in [4.69, 9.17) is 0 Å². The minimum absolute atomic E-state index is 0.531. The molecule has 4 nitrogen and oxygen atoms in total. The van der Waals surface area contributed by atoms with Crippen LogP contribution in [-0.2, 0) is 6.42 Å². The Morgan fingerprint density at radius 1 is 1.24 bits per heavy atom.